The summed E-state index contributed by atoms with van der Waals surface area (Å²) in [4.78, 5) is 12.4. The lowest BCUT2D eigenvalue weighted by Gasteiger charge is -2.18. The Morgan fingerprint density at radius 2 is 1.77 bits per heavy atom. The highest BCUT2D eigenvalue weighted by Gasteiger charge is 2.36. The van der Waals surface area contributed by atoms with Crippen LogP contribution in [0.4, 0.5) is 20.2 Å². The van der Waals surface area contributed by atoms with Crippen molar-refractivity contribution in [3.8, 4) is 0 Å². The van der Waals surface area contributed by atoms with Gasteiger partial charge in [-0.15, -0.1) is 0 Å². The Kier molecular flexibility index (Phi) is 3.66. The van der Waals surface area contributed by atoms with E-state index in [1.165, 1.54) is 6.07 Å². The number of halogens is 2. The highest BCUT2D eigenvalue weighted by Crippen LogP contribution is 2.41. The molecule has 0 fully saturated rings. The minimum absolute atomic E-state index is 0.121. The minimum Gasteiger partial charge on any atom is -0.322 e. The molecule has 4 rings (SSSR count). The molecule has 1 amide bonds. The fraction of sp³-hybridized carbons (Fsp3) is 0.0556. The number of hydrogen-bond acceptors (Lipinski definition) is 3. The number of hydrogen-bond donors (Lipinski definition) is 1. The van der Waals surface area contributed by atoms with Gasteiger partial charge in [0.15, 0.2) is 0 Å². The number of rotatable bonds is 3. The monoisotopic (exact) mass is 374 g/mol. The molecule has 1 N–H and O–H groups in total. The van der Waals surface area contributed by atoms with Gasteiger partial charge < -0.3 is 5.32 Å². The molecule has 0 aromatic heterocycles. The lowest BCUT2D eigenvalue weighted by atomic mass is 10.1. The molecule has 3 aromatic carbocycles. The van der Waals surface area contributed by atoms with Gasteiger partial charge in [-0.25, -0.2) is 17.2 Å². The smallest absolute Gasteiger partial charge is 0.265 e. The number of carbonyl (C=O) groups is 1. The molecule has 8 heteroatoms. The quantitative estimate of drug-likeness (QED) is 0.765. The van der Waals surface area contributed by atoms with Crippen LogP contribution in [0.5, 0.6) is 0 Å². The summed E-state index contributed by atoms with van der Waals surface area (Å²) in [5.41, 5.74) is 0.0373. The van der Waals surface area contributed by atoms with Crippen LogP contribution in [0.2, 0.25) is 0 Å². The second kappa shape index (κ2) is 5.77. The molecule has 26 heavy (non-hydrogen) atoms. The van der Waals surface area contributed by atoms with Crippen LogP contribution in [0.25, 0.3) is 10.8 Å². The number of anilines is 2. The van der Waals surface area contributed by atoms with Crippen molar-refractivity contribution in [2.45, 2.75) is 4.90 Å². The molecule has 0 saturated carbocycles. The average Bonchev–Trinajstić information content (AvgIpc) is 2.82. The zero-order valence-electron chi connectivity index (χ0n) is 13.2. The Hall–Kier alpha value is -3.00. The van der Waals surface area contributed by atoms with Gasteiger partial charge in [0.1, 0.15) is 18.2 Å². The number of nitrogens with one attached hydrogen (secondary N) is 1. The van der Waals surface area contributed by atoms with Gasteiger partial charge in [0.2, 0.25) is 5.91 Å². The van der Waals surface area contributed by atoms with E-state index in [1.807, 2.05) is 0 Å². The molecule has 0 bridgehead atoms. The third-order valence-electron chi connectivity index (χ3n) is 4.17. The highest BCUT2D eigenvalue weighted by molar-refractivity contribution is 7.93. The van der Waals surface area contributed by atoms with Crippen LogP contribution in [0.15, 0.2) is 59.5 Å². The second-order valence-electron chi connectivity index (χ2n) is 5.82. The predicted octanol–water partition coefficient (Wildman–Crippen LogP) is 3.27. The maximum Gasteiger partial charge on any atom is 0.265 e. The first kappa shape index (κ1) is 16.5. The number of carbonyl (C=O) groups excluding carboxylic acids is 1. The molecule has 1 heterocycles. The Balaban J connectivity index is 1.68. The maximum atomic E-state index is 13.7. The Bertz CT molecular complexity index is 1160. The van der Waals surface area contributed by atoms with Gasteiger partial charge >= 0.3 is 0 Å². The zero-order valence-corrected chi connectivity index (χ0v) is 14.1. The fourth-order valence-corrected chi connectivity index (χ4v) is 4.71. The van der Waals surface area contributed by atoms with Crippen LogP contribution in [0.3, 0.4) is 0 Å². The van der Waals surface area contributed by atoms with Crippen LogP contribution in [-0.2, 0) is 14.8 Å². The Morgan fingerprint density at radius 1 is 1.04 bits per heavy atom. The van der Waals surface area contributed by atoms with Crippen LogP contribution < -0.4 is 9.62 Å². The summed E-state index contributed by atoms with van der Waals surface area (Å²) in [7, 11) is -3.90. The summed E-state index contributed by atoms with van der Waals surface area (Å²) in [6.07, 6.45) is 0. The van der Waals surface area contributed by atoms with Gasteiger partial charge in [0.05, 0.1) is 16.3 Å². The first-order chi connectivity index (χ1) is 12.4. The van der Waals surface area contributed by atoms with Crippen molar-refractivity contribution in [1.82, 2.24) is 0 Å². The molecule has 0 saturated heterocycles. The highest BCUT2D eigenvalue weighted by atomic mass is 32.2. The van der Waals surface area contributed by atoms with Crippen LogP contribution in [0, 0.1) is 11.6 Å². The number of benzene rings is 3. The van der Waals surface area contributed by atoms with E-state index in [0.29, 0.717) is 11.1 Å². The molecule has 1 aliphatic rings. The maximum absolute atomic E-state index is 13.7. The summed E-state index contributed by atoms with van der Waals surface area (Å²) >= 11 is 0. The van der Waals surface area contributed by atoms with E-state index in [0.717, 1.165) is 27.9 Å². The minimum atomic E-state index is -3.90. The van der Waals surface area contributed by atoms with Gasteiger partial charge in [0.25, 0.3) is 10.0 Å². The van der Waals surface area contributed by atoms with Gasteiger partial charge in [0, 0.05) is 11.5 Å². The number of sulfonamides is 1. The van der Waals surface area contributed by atoms with Gasteiger partial charge in [-0.2, -0.15) is 0 Å². The van der Waals surface area contributed by atoms with E-state index in [9.17, 15) is 22.0 Å². The fourth-order valence-electron chi connectivity index (χ4n) is 3.04. The average molecular weight is 374 g/mol. The van der Waals surface area contributed by atoms with Crippen molar-refractivity contribution in [3.63, 3.8) is 0 Å². The molecule has 1 aliphatic heterocycles. The summed E-state index contributed by atoms with van der Waals surface area (Å²) < 4.78 is 53.5. The van der Waals surface area contributed by atoms with Crippen LogP contribution in [-0.4, -0.2) is 20.9 Å². The van der Waals surface area contributed by atoms with Crippen molar-refractivity contribution >= 4 is 38.1 Å². The van der Waals surface area contributed by atoms with Gasteiger partial charge in [-0.1, -0.05) is 24.3 Å². The molecule has 3 aromatic rings. The van der Waals surface area contributed by atoms with Crippen molar-refractivity contribution in [2.75, 3.05) is 16.2 Å². The lowest BCUT2D eigenvalue weighted by Crippen LogP contribution is -2.35. The summed E-state index contributed by atoms with van der Waals surface area (Å²) in [5.74, 6) is -2.30. The first-order valence-corrected chi connectivity index (χ1v) is 9.11. The molecule has 132 valence electrons. The van der Waals surface area contributed by atoms with Crippen LogP contribution in [0.1, 0.15) is 0 Å². The van der Waals surface area contributed by atoms with Crippen LogP contribution >= 0.6 is 0 Å². The molecule has 0 radical (unpaired) electrons. The number of nitrogens with zero attached hydrogens (tertiary/aromatic N) is 1. The lowest BCUT2D eigenvalue weighted by molar-refractivity contribution is -0.114. The van der Waals surface area contributed by atoms with E-state index in [-0.39, 0.29) is 10.6 Å². The van der Waals surface area contributed by atoms with Crippen molar-refractivity contribution < 1.29 is 22.0 Å². The molecular formula is C18H12F2N2O3S. The van der Waals surface area contributed by atoms with E-state index in [1.54, 1.807) is 30.3 Å². The van der Waals surface area contributed by atoms with Gasteiger partial charge in [-0.3, -0.25) is 9.10 Å². The normalized spacial score (nSPS) is 14.6. The second-order valence-corrected chi connectivity index (χ2v) is 7.65. The summed E-state index contributed by atoms with van der Waals surface area (Å²) in [6.45, 7) is -0.550. The summed E-state index contributed by atoms with van der Waals surface area (Å²) in [6, 6.07) is 12.6. The van der Waals surface area contributed by atoms with Crippen molar-refractivity contribution in [2.24, 2.45) is 0 Å². The Labute approximate surface area is 147 Å². The predicted molar refractivity (Wildman–Crippen MR) is 93.5 cm³/mol. The first-order valence-electron chi connectivity index (χ1n) is 7.67. The molecule has 0 unspecified atom stereocenters. The molecule has 0 aliphatic carbocycles. The number of amides is 1. The molecular weight excluding hydrogens is 362 g/mol. The largest absolute Gasteiger partial charge is 0.322 e. The van der Waals surface area contributed by atoms with Crippen molar-refractivity contribution in [3.05, 3.63) is 66.2 Å². The topological polar surface area (TPSA) is 66.5 Å². The standard InChI is InChI=1S/C18H12F2N2O3S/c19-12-7-8-13(20)14(9-12)21-17(23)10-22-15-5-1-3-11-4-2-6-16(18(11)15)26(22,24)25/h1-9H,10H2,(H,21,23). The Morgan fingerprint density at radius 3 is 2.54 bits per heavy atom. The van der Waals surface area contributed by atoms with Gasteiger partial charge in [-0.05, 0) is 29.7 Å². The van der Waals surface area contributed by atoms with E-state index < -0.39 is 34.1 Å². The van der Waals surface area contributed by atoms with Crippen molar-refractivity contribution in [1.29, 1.82) is 0 Å². The van der Waals surface area contributed by atoms with E-state index in [4.69, 9.17) is 0 Å². The SMILES string of the molecule is O=C(CN1c2cccc3cccc(c23)S1(=O)=O)Nc1cc(F)ccc1F. The van der Waals surface area contributed by atoms with E-state index in [2.05, 4.69) is 5.32 Å². The third-order valence-corrected chi connectivity index (χ3v) is 5.97. The van der Waals surface area contributed by atoms with E-state index >= 15 is 0 Å². The molecule has 0 atom stereocenters. The summed E-state index contributed by atoms with van der Waals surface area (Å²) in [5, 5.41) is 3.49. The molecule has 0 spiro atoms. The zero-order chi connectivity index (χ0) is 18.5. The third kappa shape index (κ3) is 2.50. The molecule has 5 nitrogen and oxygen atoms in total.